The van der Waals surface area contributed by atoms with Gasteiger partial charge in [0.25, 0.3) is 0 Å². The lowest BCUT2D eigenvalue weighted by Crippen LogP contribution is -2.49. The lowest BCUT2D eigenvalue weighted by Gasteiger charge is -2.25. The molecule has 2 rings (SSSR count). The van der Waals surface area contributed by atoms with Crippen LogP contribution in [0.3, 0.4) is 0 Å². The van der Waals surface area contributed by atoms with E-state index < -0.39 is 0 Å². The van der Waals surface area contributed by atoms with Crippen LogP contribution in [0.5, 0.6) is 0 Å². The van der Waals surface area contributed by atoms with Crippen LogP contribution >= 0.6 is 0 Å². The molecule has 19 heavy (non-hydrogen) atoms. The van der Waals surface area contributed by atoms with E-state index in [-0.39, 0.29) is 24.4 Å². The Hall–Kier alpha value is -1.88. The molecule has 0 saturated carbocycles. The summed E-state index contributed by atoms with van der Waals surface area (Å²) in [6.07, 6.45) is 0.665. The molecule has 0 aromatic heterocycles. The van der Waals surface area contributed by atoms with Crippen molar-refractivity contribution < 1.29 is 9.59 Å². The van der Waals surface area contributed by atoms with Gasteiger partial charge in [0.1, 0.15) is 0 Å². The third-order valence-electron chi connectivity index (χ3n) is 3.31. The van der Waals surface area contributed by atoms with Gasteiger partial charge in [0.15, 0.2) is 0 Å². The average Bonchev–Trinajstić information content (AvgIpc) is 2.43. The number of hydrogen-bond acceptors (Lipinski definition) is 3. The van der Waals surface area contributed by atoms with E-state index in [1.807, 2.05) is 18.2 Å². The van der Waals surface area contributed by atoms with E-state index in [4.69, 9.17) is 0 Å². The Morgan fingerprint density at radius 1 is 1.32 bits per heavy atom. The van der Waals surface area contributed by atoms with Crippen LogP contribution in [0.1, 0.15) is 11.1 Å². The highest BCUT2D eigenvalue weighted by atomic mass is 16.2. The van der Waals surface area contributed by atoms with Crippen molar-refractivity contribution in [3.05, 3.63) is 35.4 Å². The molecular weight excluding hydrogens is 242 g/mol. The van der Waals surface area contributed by atoms with Gasteiger partial charge < -0.3 is 15.5 Å². The SMILES string of the molecule is CN(C)C(=O)CNC(=O)[C@@H]1Cc2ccccc2CN1. The zero-order valence-corrected chi connectivity index (χ0v) is 11.3. The first-order chi connectivity index (χ1) is 9.08. The van der Waals surface area contributed by atoms with E-state index in [0.29, 0.717) is 13.0 Å². The number of likely N-dealkylation sites (N-methyl/N-ethyl adjacent to an activating group) is 1. The minimum absolute atomic E-state index is 0.0473. The number of fused-ring (bicyclic) bond motifs is 1. The van der Waals surface area contributed by atoms with Crippen LogP contribution in [0.2, 0.25) is 0 Å². The van der Waals surface area contributed by atoms with E-state index in [9.17, 15) is 9.59 Å². The van der Waals surface area contributed by atoms with Gasteiger partial charge in [-0.3, -0.25) is 9.59 Å². The lowest BCUT2D eigenvalue weighted by molar-refractivity contribution is -0.131. The molecule has 0 saturated heterocycles. The van der Waals surface area contributed by atoms with E-state index in [1.165, 1.54) is 16.0 Å². The molecule has 0 radical (unpaired) electrons. The molecule has 1 atom stereocenters. The van der Waals surface area contributed by atoms with Crippen LogP contribution in [0.15, 0.2) is 24.3 Å². The first-order valence-corrected chi connectivity index (χ1v) is 6.36. The van der Waals surface area contributed by atoms with Gasteiger partial charge in [0.05, 0.1) is 12.6 Å². The van der Waals surface area contributed by atoms with Gasteiger partial charge >= 0.3 is 0 Å². The van der Waals surface area contributed by atoms with Crippen LogP contribution in [-0.2, 0) is 22.6 Å². The molecule has 1 aliphatic rings. The molecule has 5 nitrogen and oxygen atoms in total. The molecule has 1 aromatic rings. The summed E-state index contributed by atoms with van der Waals surface area (Å²) in [7, 11) is 3.34. The first-order valence-electron chi connectivity index (χ1n) is 6.36. The first kappa shape index (κ1) is 13.5. The molecule has 2 N–H and O–H groups in total. The van der Waals surface area contributed by atoms with Crippen LogP contribution in [0, 0.1) is 0 Å². The van der Waals surface area contributed by atoms with E-state index in [2.05, 4.69) is 16.7 Å². The summed E-state index contributed by atoms with van der Waals surface area (Å²) in [5.41, 5.74) is 2.43. The van der Waals surface area contributed by atoms with Crippen molar-refractivity contribution in [2.45, 2.75) is 19.0 Å². The Morgan fingerprint density at radius 2 is 2.00 bits per heavy atom. The molecule has 102 valence electrons. The van der Waals surface area contributed by atoms with Crippen LogP contribution < -0.4 is 10.6 Å². The molecule has 2 amide bonds. The predicted molar refractivity (Wildman–Crippen MR) is 72.5 cm³/mol. The number of carbonyl (C=O) groups is 2. The van der Waals surface area contributed by atoms with Crippen molar-refractivity contribution in [2.75, 3.05) is 20.6 Å². The topological polar surface area (TPSA) is 61.4 Å². The Bertz CT molecular complexity index is 485. The Morgan fingerprint density at radius 3 is 2.68 bits per heavy atom. The van der Waals surface area contributed by atoms with Gasteiger partial charge in [-0.1, -0.05) is 24.3 Å². The normalized spacial score (nSPS) is 17.5. The summed E-state index contributed by atoms with van der Waals surface area (Å²) in [6, 6.07) is 7.82. The standard InChI is InChI=1S/C14H19N3O2/c1-17(2)13(18)9-16-14(19)12-7-10-5-3-4-6-11(10)8-15-12/h3-6,12,15H,7-9H2,1-2H3,(H,16,19)/t12-/m0/s1. The Labute approximate surface area is 113 Å². The largest absolute Gasteiger partial charge is 0.347 e. The highest BCUT2D eigenvalue weighted by molar-refractivity contribution is 5.87. The maximum Gasteiger partial charge on any atom is 0.241 e. The maximum atomic E-state index is 12.0. The third kappa shape index (κ3) is 3.32. The summed E-state index contributed by atoms with van der Waals surface area (Å²) >= 11 is 0. The molecule has 0 fully saturated rings. The molecular formula is C14H19N3O2. The monoisotopic (exact) mass is 261 g/mol. The summed E-state index contributed by atoms with van der Waals surface area (Å²) < 4.78 is 0. The number of nitrogens with zero attached hydrogens (tertiary/aromatic N) is 1. The highest BCUT2D eigenvalue weighted by Crippen LogP contribution is 2.16. The van der Waals surface area contributed by atoms with Crippen LogP contribution in [0.4, 0.5) is 0 Å². The fourth-order valence-electron chi connectivity index (χ4n) is 2.08. The second-order valence-electron chi connectivity index (χ2n) is 4.91. The minimum Gasteiger partial charge on any atom is -0.347 e. The van der Waals surface area contributed by atoms with Crippen molar-refractivity contribution in [3.63, 3.8) is 0 Å². The number of amides is 2. The molecule has 1 aliphatic heterocycles. The highest BCUT2D eigenvalue weighted by Gasteiger charge is 2.24. The summed E-state index contributed by atoms with van der Waals surface area (Å²) in [6.45, 7) is 0.738. The van der Waals surface area contributed by atoms with Crippen molar-refractivity contribution in [1.82, 2.24) is 15.5 Å². The third-order valence-corrected chi connectivity index (χ3v) is 3.31. The fourth-order valence-corrected chi connectivity index (χ4v) is 2.08. The molecule has 1 aromatic carbocycles. The summed E-state index contributed by atoms with van der Waals surface area (Å²) in [5, 5.41) is 5.86. The van der Waals surface area contributed by atoms with Gasteiger partial charge in [-0.05, 0) is 17.5 Å². The Balaban J connectivity index is 1.90. The van der Waals surface area contributed by atoms with Gasteiger partial charge in [0, 0.05) is 20.6 Å². The Kier molecular flexibility index (Phi) is 4.16. The molecule has 1 heterocycles. The predicted octanol–water partition coefficient (Wildman–Crippen LogP) is -0.0947. The van der Waals surface area contributed by atoms with Gasteiger partial charge in [-0.2, -0.15) is 0 Å². The van der Waals surface area contributed by atoms with E-state index >= 15 is 0 Å². The number of carbonyl (C=O) groups excluding carboxylic acids is 2. The zero-order valence-electron chi connectivity index (χ0n) is 11.3. The lowest BCUT2D eigenvalue weighted by atomic mass is 9.95. The zero-order chi connectivity index (χ0) is 13.8. The number of rotatable bonds is 3. The number of hydrogen-bond donors (Lipinski definition) is 2. The van der Waals surface area contributed by atoms with Gasteiger partial charge in [-0.25, -0.2) is 0 Å². The number of nitrogens with one attached hydrogen (secondary N) is 2. The molecule has 0 aliphatic carbocycles. The van der Waals surface area contributed by atoms with Crippen molar-refractivity contribution >= 4 is 11.8 Å². The van der Waals surface area contributed by atoms with Gasteiger partial charge in [-0.15, -0.1) is 0 Å². The number of benzene rings is 1. The molecule has 5 heteroatoms. The van der Waals surface area contributed by atoms with E-state index in [1.54, 1.807) is 14.1 Å². The molecule has 0 unspecified atom stereocenters. The average molecular weight is 261 g/mol. The quantitative estimate of drug-likeness (QED) is 0.799. The molecule has 0 spiro atoms. The molecule has 0 bridgehead atoms. The summed E-state index contributed by atoms with van der Waals surface area (Å²) in [5.74, 6) is -0.228. The van der Waals surface area contributed by atoms with Crippen molar-refractivity contribution in [2.24, 2.45) is 0 Å². The smallest absolute Gasteiger partial charge is 0.241 e. The van der Waals surface area contributed by atoms with Crippen LogP contribution in [-0.4, -0.2) is 43.4 Å². The second-order valence-corrected chi connectivity index (χ2v) is 4.91. The maximum absolute atomic E-state index is 12.0. The van der Waals surface area contributed by atoms with Crippen molar-refractivity contribution in [1.29, 1.82) is 0 Å². The summed E-state index contributed by atoms with van der Waals surface area (Å²) in [4.78, 5) is 24.9. The fraction of sp³-hybridized carbons (Fsp3) is 0.429. The van der Waals surface area contributed by atoms with Crippen LogP contribution in [0.25, 0.3) is 0 Å². The van der Waals surface area contributed by atoms with Gasteiger partial charge in [0.2, 0.25) is 11.8 Å². The minimum atomic E-state index is -0.259. The van der Waals surface area contributed by atoms with E-state index in [0.717, 1.165) is 0 Å². The second kappa shape index (κ2) is 5.84. The van der Waals surface area contributed by atoms with Crippen molar-refractivity contribution in [3.8, 4) is 0 Å².